The molecule has 0 bridgehead atoms. The summed E-state index contributed by atoms with van der Waals surface area (Å²) >= 11 is 0. The molecule has 1 aromatic rings. The van der Waals surface area contributed by atoms with Gasteiger partial charge in [0.2, 0.25) is 17.8 Å². The molecule has 1 rings (SSSR count). The van der Waals surface area contributed by atoms with Crippen molar-refractivity contribution in [1.82, 2.24) is 15.0 Å². The summed E-state index contributed by atoms with van der Waals surface area (Å²) in [5, 5.41) is 2.84. The maximum atomic E-state index is 10.9. The molecule has 3 N–H and O–H groups in total. The van der Waals surface area contributed by atoms with E-state index in [9.17, 15) is 4.79 Å². The largest absolute Gasteiger partial charge is 0.402 e. The number of carbonyl (C=O) groups excluding carboxylic acids is 1. The average Bonchev–Trinajstić information content (AvgIpc) is 2.77. The maximum absolute atomic E-state index is 10.9. The Kier molecular flexibility index (Phi) is 14.8. The molecule has 1 aromatic heterocycles. The lowest BCUT2D eigenvalue weighted by atomic mass is 10.5. The number of hydrogen-bond donors (Lipinski definition) is 2. The normalized spacial score (nSPS) is 10.6. The SMILES string of the molecule is C=CC(=O)OC(COC)(OC)OC.COCNc1nc(N)nc(N(COC)COC)n1. The Bertz CT molecular complexity index is 641. The van der Waals surface area contributed by atoms with Gasteiger partial charge in [0.05, 0.1) is 0 Å². The molecular formula is C17H32N6O8. The minimum atomic E-state index is -1.49. The summed E-state index contributed by atoms with van der Waals surface area (Å²) in [6.45, 7) is 4.07. The van der Waals surface area contributed by atoms with Gasteiger partial charge in [0.1, 0.15) is 26.8 Å². The topological polar surface area (TPSA) is 162 Å². The Labute approximate surface area is 181 Å². The van der Waals surface area contributed by atoms with Crippen molar-refractivity contribution in [2.24, 2.45) is 0 Å². The van der Waals surface area contributed by atoms with Crippen molar-refractivity contribution in [1.29, 1.82) is 0 Å². The standard InChI is InChI=1S/C9H18N6O3.C8H14O5/c1-16-4-11-8-12-7(10)13-9(14-8)15(5-17-2)6-18-3;1-5-7(9)13-8(11-3,12-4)6-10-2/h4-6H2,1-3H3,(H3,10,11,12,13,14);5H,1,6H2,2-4H3. The molecule has 14 nitrogen and oxygen atoms in total. The Morgan fingerprint density at radius 3 is 2.10 bits per heavy atom. The second-order valence-corrected chi connectivity index (χ2v) is 5.45. The van der Waals surface area contributed by atoms with Gasteiger partial charge in [-0.2, -0.15) is 15.0 Å². The quantitative estimate of drug-likeness (QED) is 0.218. The minimum absolute atomic E-state index is 0.0143. The van der Waals surface area contributed by atoms with Crippen LogP contribution in [-0.4, -0.2) is 96.4 Å². The van der Waals surface area contributed by atoms with Crippen LogP contribution in [0.1, 0.15) is 0 Å². The first-order valence-electron chi connectivity index (χ1n) is 8.77. The number of nitrogens with zero attached hydrogens (tertiary/aromatic N) is 4. The highest BCUT2D eigenvalue weighted by Crippen LogP contribution is 2.14. The number of anilines is 3. The van der Waals surface area contributed by atoms with E-state index in [1.807, 2.05) is 0 Å². The van der Waals surface area contributed by atoms with Crippen molar-refractivity contribution < 1.29 is 38.0 Å². The number of aromatic nitrogens is 3. The minimum Gasteiger partial charge on any atom is -0.402 e. The molecule has 0 fully saturated rings. The van der Waals surface area contributed by atoms with Gasteiger partial charge in [0.15, 0.2) is 0 Å². The molecule has 178 valence electrons. The van der Waals surface area contributed by atoms with Gasteiger partial charge in [-0.15, -0.1) is 0 Å². The zero-order valence-electron chi connectivity index (χ0n) is 18.7. The fraction of sp³-hybridized carbons (Fsp3) is 0.647. The molecule has 1 heterocycles. The van der Waals surface area contributed by atoms with Gasteiger partial charge in [-0.25, -0.2) is 4.79 Å². The van der Waals surface area contributed by atoms with E-state index in [0.717, 1.165) is 6.08 Å². The summed E-state index contributed by atoms with van der Waals surface area (Å²) in [5.74, 6) is -1.32. The predicted molar refractivity (Wildman–Crippen MR) is 111 cm³/mol. The van der Waals surface area contributed by atoms with E-state index >= 15 is 0 Å². The number of carbonyl (C=O) groups is 1. The molecule has 0 unspecified atom stereocenters. The molecular weight excluding hydrogens is 416 g/mol. The van der Waals surface area contributed by atoms with Gasteiger partial charge >= 0.3 is 11.9 Å². The molecule has 0 saturated heterocycles. The van der Waals surface area contributed by atoms with E-state index in [4.69, 9.17) is 38.9 Å². The lowest BCUT2D eigenvalue weighted by Crippen LogP contribution is -2.43. The van der Waals surface area contributed by atoms with Crippen LogP contribution in [0.3, 0.4) is 0 Å². The highest BCUT2D eigenvalue weighted by atomic mass is 16.9. The summed E-state index contributed by atoms with van der Waals surface area (Å²) in [5.41, 5.74) is 5.61. The maximum Gasteiger partial charge on any atom is 0.353 e. The molecule has 0 aromatic carbocycles. The van der Waals surface area contributed by atoms with E-state index < -0.39 is 11.9 Å². The van der Waals surface area contributed by atoms with Crippen molar-refractivity contribution in [3.05, 3.63) is 12.7 Å². The molecule has 0 amide bonds. The number of nitrogen functional groups attached to an aromatic ring is 1. The summed E-state index contributed by atoms with van der Waals surface area (Å²) in [6, 6.07) is 0. The van der Waals surface area contributed by atoms with E-state index in [1.54, 1.807) is 26.2 Å². The molecule has 31 heavy (non-hydrogen) atoms. The Hall–Kier alpha value is -2.62. The molecule has 0 spiro atoms. The van der Waals surface area contributed by atoms with Crippen molar-refractivity contribution >= 4 is 23.8 Å². The number of ether oxygens (including phenoxy) is 7. The van der Waals surface area contributed by atoms with Crippen LogP contribution in [0.15, 0.2) is 12.7 Å². The van der Waals surface area contributed by atoms with Crippen LogP contribution in [0.25, 0.3) is 0 Å². The number of methoxy groups -OCH3 is 6. The Balaban J connectivity index is 0.000000615. The van der Waals surface area contributed by atoms with E-state index in [0.29, 0.717) is 11.9 Å². The van der Waals surface area contributed by atoms with Gasteiger partial charge < -0.3 is 44.2 Å². The fourth-order valence-electron chi connectivity index (χ4n) is 1.89. The van der Waals surface area contributed by atoms with Gasteiger partial charge in [0.25, 0.3) is 0 Å². The zero-order chi connectivity index (χ0) is 23.7. The highest BCUT2D eigenvalue weighted by molar-refractivity contribution is 5.81. The number of hydrogen-bond acceptors (Lipinski definition) is 14. The number of esters is 1. The lowest BCUT2D eigenvalue weighted by Gasteiger charge is -2.28. The smallest absolute Gasteiger partial charge is 0.353 e. The summed E-state index contributed by atoms with van der Waals surface area (Å²) in [6.07, 6.45) is 1.02. The molecule has 0 saturated carbocycles. The van der Waals surface area contributed by atoms with E-state index in [-0.39, 0.29) is 32.7 Å². The van der Waals surface area contributed by atoms with Gasteiger partial charge in [-0.1, -0.05) is 6.58 Å². The van der Waals surface area contributed by atoms with Crippen molar-refractivity contribution in [2.45, 2.75) is 5.97 Å². The van der Waals surface area contributed by atoms with Crippen molar-refractivity contribution in [3.8, 4) is 0 Å². The first-order valence-corrected chi connectivity index (χ1v) is 8.77. The number of nitrogens with one attached hydrogen (secondary N) is 1. The first kappa shape index (κ1) is 28.4. The third-order valence-electron chi connectivity index (χ3n) is 3.23. The van der Waals surface area contributed by atoms with Crippen LogP contribution in [0.4, 0.5) is 17.8 Å². The fourth-order valence-corrected chi connectivity index (χ4v) is 1.89. The van der Waals surface area contributed by atoms with E-state index in [1.165, 1.54) is 21.3 Å². The number of nitrogens with two attached hydrogens (primary N) is 1. The second kappa shape index (κ2) is 16.1. The molecule has 0 aliphatic heterocycles. The van der Waals surface area contributed by atoms with E-state index in [2.05, 4.69) is 26.8 Å². The average molecular weight is 448 g/mol. The van der Waals surface area contributed by atoms with Gasteiger partial charge in [-0.3, -0.25) is 4.90 Å². The van der Waals surface area contributed by atoms with Crippen LogP contribution >= 0.6 is 0 Å². The van der Waals surface area contributed by atoms with Crippen molar-refractivity contribution in [2.75, 3.05) is 85.4 Å². The molecule has 0 aliphatic rings. The lowest BCUT2D eigenvalue weighted by molar-refractivity contribution is -0.356. The predicted octanol–water partition coefficient (Wildman–Crippen LogP) is -0.208. The third kappa shape index (κ3) is 10.8. The Morgan fingerprint density at radius 1 is 1.03 bits per heavy atom. The second-order valence-electron chi connectivity index (χ2n) is 5.45. The third-order valence-corrected chi connectivity index (χ3v) is 3.23. The summed E-state index contributed by atoms with van der Waals surface area (Å²) in [4.78, 5) is 24.7. The Morgan fingerprint density at radius 2 is 1.65 bits per heavy atom. The monoisotopic (exact) mass is 448 g/mol. The molecule has 0 radical (unpaired) electrons. The van der Waals surface area contributed by atoms with Gasteiger partial charge in [-0.05, 0) is 0 Å². The molecule has 14 heteroatoms. The van der Waals surface area contributed by atoms with Crippen LogP contribution in [0.2, 0.25) is 0 Å². The van der Waals surface area contributed by atoms with Crippen molar-refractivity contribution in [3.63, 3.8) is 0 Å². The van der Waals surface area contributed by atoms with Crippen LogP contribution in [0.5, 0.6) is 0 Å². The molecule has 0 atom stereocenters. The van der Waals surface area contributed by atoms with Crippen LogP contribution < -0.4 is 16.0 Å². The van der Waals surface area contributed by atoms with Crippen LogP contribution in [-0.2, 0) is 38.0 Å². The first-order chi connectivity index (χ1) is 14.8. The number of rotatable bonds is 14. The summed E-state index contributed by atoms with van der Waals surface area (Å²) in [7, 11) is 8.82. The highest BCUT2D eigenvalue weighted by Gasteiger charge is 2.34. The molecule has 0 aliphatic carbocycles. The summed E-state index contributed by atoms with van der Waals surface area (Å²) < 4.78 is 34.2. The zero-order valence-corrected chi connectivity index (χ0v) is 18.7. The van der Waals surface area contributed by atoms with Crippen LogP contribution in [0, 0.1) is 0 Å². The van der Waals surface area contributed by atoms with Gasteiger partial charge in [0, 0.05) is 48.7 Å².